The topological polar surface area (TPSA) is 43.8 Å². The van der Waals surface area contributed by atoms with Gasteiger partial charge in [-0.15, -0.1) is 0 Å². The van der Waals surface area contributed by atoms with Crippen molar-refractivity contribution in [3.63, 3.8) is 0 Å². The first-order valence-corrected chi connectivity index (χ1v) is 7.05. The Morgan fingerprint density at radius 2 is 1.89 bits per heavy atom. The summed E-state index contributed by atoms with van der Waals surface area (Å²) in [5.41, 5.74) is 9.20. The average molecular weight is 278 g/mol. The lowest BCUT2D eigenvalue weighted by Crippen LogP contribution is -2.00. The fraction of sp³-hybridized carbons (Fsp3) is 0.400. The van der Waals surface area contributed by atoms with Crippen LogP contribution in [0.5, 0.6) is 0 Å². The lowest BCUT2D eigenvalue weighted by atomic mass is 9.93. The van der Waals surface area contributed by atoms with Gasteiger partial charge in [0.25, 0.3) is 0 Å². The molecule has 0 bridgehead atoms. The molecule has 0 fully saturated rings. The van der Waals surface area contributed by atoms with Crippen LogP contribution in [0.15, 0.2) is 24.3 Å². The first-order chi connectivity index (χ1) is 9.10. The number of aryl methyl sites for hydroxylation is 1. The molecule has 0 radical (unpaired) electrons. The van der Waals surface area contributed by atoms with E-state index in [1.54, 1.807) is 4.68 Å². The van der Waals surface area contributed by atoms with Crippen molar-refractivity contribution in [3.05, 3.63) is 35.0 Å². The van der Waals surface area contributed by atoms with E-state index in [1.807, 2.05) is 31.3 Å². The fourth-order valence-corrected chi connectivity index (χ4v) is 2.69. The van der Waals surface area contributed by atoms with Gasteiger partial charge in [-0.05, 0) is 18.9 Å². The maximum atomic E-state index is 6.31. The second kappa shape index (κ2) is 5.66. The summed E-state index contributed by atoms with van der Waals surface area (Å²) in [5, 5.41) is 5.32. The van der Waals surface area contributed by atoms with Gasteiger partial charge in [0.15, 0.2) is 0 Å². The van der Waals surface area contributed by atoms with E-state index >= 15 is 0 Å². The van der Waals surface area contributed by atoms with E-state index in [1.165, 1.54) is 0 Å². The molecule has 1 aromatic heterocycles. The van der Waals surface area contributed by atoms with Crippen molar-refractivity contribution >= 4 is 17.4 Å². The maximum absolute atomic E-state index is 6.31. The summed E-state index contributed by atoms with van der Waals surface area (Å²) < 4.78 is 1.74. The van der Waals surface area contributed by atoms with Crippen molar-refractivity contribution in [2.75, 3.05) is 5.73 Å². The number of halogens is 1. The Labute approximate surface area is 119 Å². The predicted octanol–water partition coefficient (Wildman–Crippen LogP) is 4.23. The zero-order chi connectivity index (χ0) is 14.0. The van der Waals surface area contributed by atoms with Crippen LogP contribution in [0.25, 0.3) is 11.1 Å². The fourth-order valence-electron chi connectivity index (χ4n) is 2.46. The van der Waals surface area contributed by atoms with Gasteiger partial charge in [0.1, 0.15) is 5.82 Å². The minimum atomic E-state index is 0.412. The van der Waals surface area contributed by atoms with Crippen LogP contribution in [0.4, 0.5) is 5.82 Å². The monoisotopic (exact) mass is 277 g/mol. The molecule has 2 N–H and O–H groups in total. The van der Waals surface area contributed by atoms with Crippen LogP contribution in [0.1, 0.15) is 38.3 Å². The van der Waals surface area contributed by atoms with Gasteiger partial charge in [-0.1, -0.05) is 43.6 Å². The number of nitrogen functional groups attached to an aromatic ring is 1. The number of nitrogens with zero attached hydrogens (tertiary/aromatic N) is 2. The smallest absolute Gasteiger partial charge is 0.129 e. The Morgan fingerprint density at radius 1 is 1.26 bits per heavy atom. The van der Waals surface area contributed by atoms with Crippen molar-refractivity contribution in [3.8, 4) is 11.1 Å². The van der Waals surface area contributed by atoms with Crippen LogP contribution < -0.4 is 5.73 Å². The number of hydrogen-bond donors (Lipinski definition) is 1. The molecule has 4 heteroatoms. The molecule has 1 heterocycles. The highest BCUT2D eigenvalue weighted by Gasteiger charge is 2.22. The molecule has 19 heavy (non-hydrogen) atoms. The molecular formula is C15H20ClN3. The van der Waals surface area contributed by atoms with E-state index in [0.717, 1.165) is 34.7 Å². The molecule has 0 saturated heterocycles. The van der Waals surface area contributed by atoms with Crippen LogP contribution in [0.3, 0.4) is 0 Å². The molecule has 102 valence electrons. The van der Waals surface area contributed by atoms with Crippen LogP contribution in [-0.4, -0.2) is 9.78 Å². The highest BCUT2D eigenvalue weighted by atomic mass is 35.5. The molecule has 0 spiro atoms. The zero-order valence-electron chi connectivity index (χ0n) is 11.7. The van der Waals surface area contributed by atoms with Crippen LogP contribution in [0.2, 0.25) is 5.02 Å². The summed E-state index contributed by atoms with van der Waals surface area (Å²) in [6.07, 6.45) is 2.09. The van der Waals surface area contributed by atoms with Gasteiger partial charge in [-0.3, -0.25) is 4.68 Å². The number of nitrogens with two attached hydrogens (primary N) is 1. The molecule has 0 saturated carbocycles. The van der Waals surface area contributed by atoms with Crippen molar-refractivity contribution in [1.82, 2.24) is 9.78 Å². The Bertz CT molecular complexity index is 571. The van der Waals surface area contributed by atoms with Crippen LogP contribution >= 0.6 is 11.6 Å². The van der Waals surface area contributed by atoms with E-state index in [4.69, 9.17) is 17.3 Å². The first kappa shape index (κ1) is 13.9. The number of hydrogen-bond acceptors (Lipinski definition) is 2. The molecule has 0 aliphatic carbocycles. The van der Waals surface area contributed by atoms with E-state index < -0.39 is 0 Å². The third kappa shape index (κ3) is 2.47. The van der Waals surface area contributed by atoms with Crippen LogP contribution in [0, 0.1) is 0 Å². The highest BCUT2D eigenvalue weighted by molar-refractivity contribution is 6.33. The third-order valence-electron chi connectivity index (χ3n) is 3.63. The Balaban J connectivity index is 2.65. The van der Waals surface area contributed by atoms with E-state index in [-0.39, 0.29) is 0 Å². The molecule has 2 rings (SSSR count). The molecule has 0 atom stereocenters. The number of aromatic nitrogens is 2. The third-order valence-corrected chi connectivity index (χ3v) is 3.96. The van der Waals surface area contributed by atoms with E-state index in [2.05, 4.69) is 18.9 Å². The molecule has 1 aromatic carbocycles. The summed E-state index contributed by atoms with van der Waals surface area (Å²) in [7, 11) is 1.88. The average Bonchev–Trinajstić information content (AvgIpc) is 2.69. The van der Waals surface area contributed by atoms with Crippen LogP contribution in [-0.2, 0) is 7.05 Å². The minimum Gasteiger partial charge on any atom is -0.383 e. The largest absolute Gasteiger partial charge is 0.383 e. The van der Waals surface area contributed by atoms with E-state index in [9.17, 15) is 0 Å². The second-order valence-corrected chi connectivity index (χ2v) is 5.17. The Kier molecular flexibility index (Phi) is 4.15. The summed E-state index contributed by atoms with van der Waals surface area (Å²) in [5.74, 6) is 1.09. The maximum Gasteiger partial charge on any atom is 0.129 e. The normalized spacial score (nSPS) is 11.2. The van der Waals surface area contributed by atoms with Gasteiger partial charge in [0.2, 0.25) is 0 Å². The molecule has 0 aliphatic rings. The summed E-state index contributed by atoms with van der Waals surface area (Å²) >= 11 is 6.31. The van der Waals surface area contributed by atoms with E-state index in [0.29, 0.717) is 11.7 Å². The number of anilines is 1. The summed E-state index contributed by atoms with van der Waals surface area (Å²) in [4.78, 5) is 0. The van der Waals surface area contributed by atoms with Crippen molar-refractivity contribution in [2.24, 2.45) is 7.05 Å². The SMILES string of the molecule is CCC(CC)c1nn(C)c(N)c1-c1ccccc1Cl. The van der Waals surface area contributed by atoms with Gasteiger partial charge in [-0.2, -0.15) is 5.10 Å². The highest BCUT2D eigenvalue weighted by Crippen LogP contribution is 2.39. The van der Waals surface area contributed by atoms with Gasteiger partial charge in [-0.25, -0.2) is 0 Å². The molecule has 2 aromatic rings. The molecule has 0 aliphatic heterocycles. The molecule has 3 nitrogen and oxygen atoms in total. The Hall–Kier alpha value is -1.48. The predicted molar refractivity (Wildman–Crippen MR) is 81.4 cm³/mol. The standard InChI is InChI=1S/C15H20ClN3/c1-4-10(5-2)14-13(15(17)19(3)18-14)11-8-6-7-9-12(11)16/h6-10H,4-5,17H2,1-3H3. The van der Waals surface area contributed by atoms with Gasteiger partial charge in [0.05, 0.1) is 5.69 Å². The molecule has 0 unspecified atom stereocenters. The van der Waals surface area contributed by atoms with Gasteiger partial charge >= 0.3 is 0 Å². The summed E-state index contributed by atoms with van der Waals surface area (Å²) in [6.45, 7) is 4.35. The first-order valence-electron chi connectivity index (χ1n) is 6.67. The number of benzene rings is 1. The lowest BCUT2D eigenvalue weighted by molar-refractivity contribution is 0.606. The molecular weight excluding hydrogens is 258 g/mol. The molecule has 0 amide bonds. The second-order valence-electron chi connectivity index (χ2n) is 4.76. The quantitative estimate of drug-likeness (QED) is 0.909. The van der Waals surface area contributed by atoms with Crippen molar-refractivity contribution in [1.29, 1.82) is 0 Å². The van der Waals surface area contributed by atoms with Gasteiger partial charge in [0, 0.05) is 29.1 Å². The zero-order valence-corrected chi connectivity index (χ0v) is 12.4. The minimum absolute atomic E-state index is 0.412. The summed E-state index contributed by atoms with van der Waals surface area (Å²) in [6, 6.07) is 7.79. The van der Waals surface area contributed by atoms with Crippen molar-refractivity contribution < 1.29 is 0 Å². The van der Waals surface area contributed by atoms with Crippen molar-refractivity contribution in [2.45, 2.75) is 32.6 Å². The Morgan fingerprint density at radius 3 is 2.47 bits per heavy atom. The number of rotatable bonds is 4. The van der Waals surface area contributed by atoms with Gasteiger partial charge < -0.3 is 5.73 Å². The lowest BCUT2D eigenvalue weighted by Gasteiger charge is -2.13.